The van der Waals surface area contributed by atoms with Gasteiger partial charge in [0, 0.05) is 10.4 Å². The number of aromatic nitrogens is 1. The van der Waals surface area contributed by atoms with Gasteiger partial charge in [0.25, 0.3) is 5.91 Å². The molecule has 2 N–H and O–H groups in total. The highest BCUT2D eigenvalue weighted by molar-refractivity contribution is 7.12. The average molecular weight is 383 g/mol. The Morgan fingerprint density at radius 2 is 1.78 bits per heavy atom. The molecule has 1 aromatic carbocycles. The number of rotatable bonds is 4. The van der Waals surface area contributed by atoms with E-state index >= 15 is 0 Å². The van der Waals surface area contributed by atoms with Gasteiger partial charge in [-0.15, -0.1) is 11.3 Å². The molecule has 0 saturated carbocycles. The smallest absolute Gasteiger partial charge is 0.273 e. The monoisotopic (exact) mass is 383 g/mol. The Hall–Kier alpha value is -2.93. The number of nitrogens with zero attached hydrogens (tertiary/aromatic N) is 1. The lowest BCUT2D eigenvalue weighted by Gasteiger charge is -2.07. The minimum absolute atomic E-state index is 0.137. The van der Waals surface area contributed by atoms with Gasteiger partial charge in [0.1, 0.15) is 11.5 Å². The summed E-state index contributed by atoms with van der Waals surface area (Å²) in [7, 11) is 0. The quantitative estimate of drug-likeness (QED) is 0.674. The topological polar surface area (TPSA) is 84.2 Å². The molecule has 0 saturated heterocycles. The number of carbonyl (C=O) groups is 2. The fraction of sp³-hybridized carbons (Fsp3) is 0.250. The molecular formula is C20H21N3O3S. The zero-order valence-corrected chi connectivity index (χ0v) is 16.5. The van der Waals surface area contributed by atoms with Gasteiger partial charge in [-0.25, -0.2) is 4.98 Å². The normalized spacial score (nSPS) is 10.7. The van der Waals surface area contributed by atoms with Crippen LogP contribution in [0.15, 0.2) is 34.7 Å². The predicted molar refractivity (Wildman–Crippen MR) is 105 cm³/mol. The van der Waals surface area contributed by atoms with Gasteiger partial charge in [-0.3, -0.25) is 20.4 Å². The number of carbonyl (C=O) groups excluding carboxylic acids is 2. The second kappa shape index (κ2) is 7.75. The van der Waals surface area contributed by atoms with Crippen LogP contribution >= 0.6 is 11.3 Å². The van der Waals surface area contributed by atoms with Crippen molar-refractivity contribution in [3.8, 4) is 11.3 Å². The largest absolute Gasteiger partial charge is 0.466 e. The Kier molecular flexibility index (Phi) is 5.41. The van der Waals surface area contributed by atoms with Crippen LogP contribution in [0.4, 0.5) is 0 Å². The maximum absolute atomic E-state index is 12.3. The second-order valence-electron chi connectivity index (χ2n) is 6.38. The highest BCUT2D eigenvalue weighted by Gasteiger charge is 2.17. The van der Waals surface area contributed by atoms with Crippen LogP contribution in [0.3, 0.4) is 0 Å². The minimum atomic E-state index is -0.406. The molecule has 0 aliphatic heterocycles. The summed E-state index contributed by atoms with van der Waals surface area (Å²) in [5, 5.41) is 0.891. The molecule has 0 atom stereocenters. The van der Waals surface area contributed by atoms with Gasteiger partial charge in [-0.1, -0.05) is 29.8 Å². The molecule has 0 aliphatic carbocycles. The summed E-state index contributed by atoms with van der Waals surface area (Å²) in [5.74, 6) is 0.445. The first-order chi connectivity index (χ1) is 12.8. The van der Waals surface area contributed by atoms with Crippen LogP contribution in [0.25, 0.3) is 11.3 Å². The third-order valence-corrected chi connectivity index (χ3v) is 5.02. The van der Waals surface area contributed by atoms with E-state index in [0.717, 1.165) is 26.7 Å². The van der Waals surface area contributed by atoms with Crippen molar-refractivity contribution in [2.45, 2.75) is 34.1 Å². The first-order valence-corrected chi connectivity index (χ1v) is 9.34. The zero-order chi connectivity index (χ0) is 19.6. The molecule has 0 fully saturated rings. The first kappa shape index (κ1) is 18.8. The third-order valence-electron chi connectivity index (χ3n) is 4.05. The van der Waals surface area contributed by atoms with Crippen molar-refractivity contribution < 1.29 is 14.0 Å². The molecule has 6 nitrogen and oxygen atoms in total. The number of furan rings is 1. The van der Waals surface area contributed by atoms with Crippen LogP contribution in [-0.2, 0) is 11.2 Å². The van der Waals surface area contributed by atoms with Gasteiger partial charge in [0.2, 0.25) is 5.91 Å². The van der Waals surface area contributed by atoms with Gasteiger partial charge in [-0.2, -0.15) is 0 Å². The van der Waals surface area contributed by atoms with Crippen LogP contribution in [0.2, 0.25) is 0 Å². The van der Waals surface area contributed by atoms with Crippen LogP contribution in [-0.4, -0.2) is 16.8 Å². The molecule has 2 aromatic heterocycles. The van der Waals surface area contributed by atoms with Crippen molar-refractivity contribution in [3.63, 3.8) is 0 Å². The lowest BCUT2D eigenvalue weighted by atomic mass is 10.1. The minimum Gasteiger partial charge on any atom is -0.466 e. The molecular weight excluding hydrogens is 362 g/mol. The van der Waals surface area contributed by atoms with E-state index in [9.17, 15) is 9.59 Å². The molecule has 2 heterocycles. The molecule has 0 spiro atoms. The molecule has 3 rings (SSSR count). The van der Waals surface area contributed by atoms with E-state index in [1.807, 2.05) is 38.1 Å². The van der Waals surface area contributed by atoms with Crippen LogP contribution in [0.1, 0.15) is 37.3 Å². The highest BCUT2D eigenvalue weighted by Crippen LogP contribution is 2.28. The van der Waals surface area contributed by atoms with E-state index in [2.05, 4.69) is 15.8 Å². The van der Waals surface area contributed by atoms with Gasteiger partial charge in [-0.05, 0) is 33.8 Å². The predicted octanol–water partition coefficient (Wildman–Crippen LogP) is 3.64. The van der Waals surface area contributed by atoms with E-state index in [0.29, 0.717) is 17.1 Å². The van der Waals surface area contributed by atoms with Crippen molar-refractivity contribution in [1.82, 2.24) is 15.8 Å². The number of aryl methyl sites for hydroxylation is 4. The van der Waals surface area contributed by atoms with E-state index in [4.69, 9.17) is 4.42 Å². The summed E-state index contributed by atoms with van der Waals surface area (Å²) in [6, 6.07) is 9.67. The van der Waals surface area contributed by atoms with Crippen molar-refractivity contribution in [2.75, 3.05) is 0 Å². The number of nitrogens with one attached hydrogen (secondary N) is 2. The number of hydrogen-bond acceptors (Lipinski definition) is 5. The lowest BCUT2D eigenvalue weighted by Crippen LogP contribution is -2.42. The van der Waals surface area contributed by atoms with Crippen molar-refractivity contribution >= 4 is 23.2 Å². The number of thiazole rings is 1. The lowest BCUT2D eigenvalue weighted by molar-refractivity contribution is -0.121. The maximum Gasteiger partial charge on any atom is 0.273 e. The summed E-state index contributed by atoms with van der Waals surface area (Å²) in [5.41, 5.74) is 8.24. The molecule has 140 valence electrons. The number of amides is 2. The molecule has 0 unspecified atom stereocenters. The SMILES string of the molecule is Cc1ccc(-c2nc(C)sc2CC(=O)NNC(=O)c2cc(C)oc2C)cc1. The Bertz CT molecular complexity index is 987. The summed E-state index contributed by atoms with van der Waals surface area (Å²) in [6.45, 7) is 7.41. The van der Waals surface area contributed by atoms with E-state index in [-0.39, 0.29) is 12.3 Å². The molecule has 0 bridgehead atoms. The number of hydrogen-bond donors (Lipinski definition) is 2. The Balaban J connectivity index is 1.67. The Morgan fingerprint density at radius 3 is 2.41 bits per heavy atom. The van der Waals surface area contributed by atoms with Gasteiger partial charge >= 0.3 is 0 Å². The fourth-order valence-corrected chi connectivity index (χ4v) is 3.72. The van der Waals surface area contributed by atoms with Crippen LogP contribution in [0, 0.1) is 27.7 Å². The van der Waals surface area contributed by atoms with Crippen LogP contribution < -0.4 is 10.9 Å². The fourth-order valence-electron chi connectivity index (χ4n) is 2.77. The third kappa shape index (κ3) is 4.43. The number of hydrazine groups is 1. The van der Waals surface area contributed by atoms with Crippen molar-refractivity contribution in [3.05, 3.63) is 62.9 Å². The molecule has 0 radical (unpaired) electrons. The van der Waals surface area contributed by atoms with Gasteiger partial charge in [0.05, 0.1) is 22.7 Å². The van der Waals surface area contributed by atoms with E-state index in [1.54, 1.807) is 19.9 Å². The van der Waals surface area contributed by atoms with E-state index < -0.39 is 5.91 Å². The molecule has 2 amide bonds. The Morgan fingerprint density at radius 1 is 1.07 bits per heavy atom. The first-order valence-electron chi connectivity index (χ1n) is 8.53. The number of benzene rings is 1. The average Bonchev–Trinajstić information content (AvgIpc) is 3.15. The molecule has 27 heavy (non-hydrogen) atoms. The molecule has 7 heteroatoms. The van der Waals surface area contributed by atoms with Gasteiger partial charge in [0.15, 0.2) is 0 Å². The summed E-state index contributed by atoms with van der Waals surface area (Å²) < 4.78 is 5.33. The van der Waals surface area contributed by atoms with Crippen LogP contribution in [0.5, 0.6) is 0 Å². The van der Waals surface area contributed by atoms with Gasteiger partial charge < -0.3 is 4.42 Å². The maximum atomic E-state index is 12.3. The second-order valence-corrected chi connectivity index (χ2v) is 7.66. The standard InChI is InChI=1S/C20H21N3O3S/c1-11-5-7-15(8-6-11)19-17(27-14(4)21-19)10-18(24)22-23-20(25)16-9-12(2)26-13(16)3/h5-9H,10H2,1-4H3,(H,22,24)(H,23,25). The summed E-state index contributed by atoms with van der Waals surface area (Å²) in [4.78, 5) is 29.9. The van der Waals surface area contributed by atoms with Crippen molar-refractivity contribution in [1.29, 1.82) is 0 Å². The summed E-state index contributed by atoms with van der Waals surface area (Å²) >= 11 is 1.48. The Labute approximate surface area is 161 Å². The zero-order valence-electron chi connectivity index (χ0n) is 15.7. The van der Waals surface area contributed by atoms with Crippen molar-refractivity contribution in [2.24, 2.45) is 0 Å². The van der Waals surface area contributed by atoms with E-state index in [1.165, 1.54) is 11.3 Å². The summed E-state index contributed by atoms with van der Waals surface area (Å²) in [6.07, 6.45) is 0.137. The molecule has 0 aliphatic rings. The molecule has 3 aromatic rings. The highest BCUT2D eigenvalue weighted by atomic mass is 32.1.